The number of halogens is 2. The first-order valence-corrected chi connectivity index (χ1v) is 14.8. The normalized spacial score (nSPS) is 10.2. The molecule has 0 fully saturated rings. The van der Waals surface area contributed by atoms with Gasteiger partial charge in [-0.3, -0.25) is 9.59 Å². The molecule has 2 aromatic rings. The predicted octanol–water partition coefficient (Wildman–Crippen LogP) is 5.91. The third-order valence-electron chi connectivity index (χ3n) is 4.20. The second-order valence-corrected chi connectivity index (χ2v) is 11.1. The molecule has 6 nitrogen and oxygen atoms in total. The first-order chi connectivity index (χ1) is 16.7. The molecule has 0 spiro atoms. The Hall–Kier alpha value is -1.74. The minimum atomic E-state index is -3.17. The van der Waals surface area contributed by atoms with Crippen LogP contribution in [0.15, 0.2) is 58.3 Å². The van der Waals surface area contributed by atoms with Gasteiger partial charge in [-0.1, -0.05) is 38.1 Å². The molecule has 0 aliphatic rings. The van der Waals surface area contributed by atoms with Gasteiger partial charge in [0, 0.05) is 4.90 Å². The van der Waals surface area contributed by atoms with Gasteiger partial charge in [-0.15, -0.1) is 35.0 Å². The average Bonchev–Trinajstić information content (AvgIpc) is 2.82. The van der Waals surface area contributed by atoms with E-state index < -0.39 is 9.84 Å². The number of esters is 2. The summed E-state index contributed by atoms with van der Waals surface area (Å²) in [5, 5.41) is 0.194. The lowest BCUT2D eigenvalue weighted by atomic mass is 10.1. The summed E-state index contributed by atoms with van der Waals surface area (Å²) >= 11 is 11.3. The van der Waals surface area contributed by atoms with Crippen molar-refractivity contribution in [1.29, 1.82) is 0 Å². The monoisotopic (exact) mass is 564 g/mol. The molecule has 2 aromatic carbocycles. The van der Waals surface area contributed by atoms with Crippen LogP contribution >= 0.6 is 35.0 Å². The summed E-state index contributed by atoms with van der Waals surface area (Å²) < 4.78 is 32.8. The number of alkyl halides is 2. The van der Waals surface area contributed by atoms with Gasteiger partial charge in [0.1, 0.15) is 0 Å². The number of carbonyl (C=O) groups is 2. The summed E-state index contributed by atoms with van der Waals surface area (Å²) in [6.45, 7) is 8.08. The van der Waals surface area contributed by atoms with E-state index in [0.29, 0.717) is 19.6 Å². The highest BCUT2D eigenvalue weighted by Crippen LogP contribution is 2.18. The number of benzene rings is 2. The van der Waals surface area contributed by atoms with Crippen molar-refractivity contribution in [2.24, 2.45) is 0 Å². The van der Waals surface area contributed by atoms with Crippen LogP contribution in [0.4, 0.5) is 0 Å². The fourth-order valence-corrected chi connectivity index (χ4v) is 4.15. The van der Waals surface area contributed by atoms with Gasteiger partial charge >= 0.3 is 11.9 Å². The lowest BCUT2D eigenvalue weighted by Crippen LogP contribution is -2.08. The van der Waals surface area contributed by atoms with E-state index in [9.17, 15) is 18.0 Å². The van der Waals surface area contributed by atoms with E-state index in [0.717, 1.165) is 16.9 Å². The van der Waals surface area contributed by atoms with E-state index >= 15 is 0 Å². The second kappa shape index (κ2) is 19.4. The molecule has 0 atom stereocenters. The maximum atomic E-state index is 11.5. The topological polar surface area (TPSA) is 86.7 Å². The maximum absolute atomic E-state index is 11.5. The SMILES string of the molecule is CCOC(=O)Cc1ccc(S(=O)(=O)CC)cc1.CCOC(=O)Cc1ccc(SCC)cc1.ClCCl. The Bertz CT molecular complexity index is 962. The Balaban J connectivity index is 0.000000597. The molecule has 0 aliphatic carbocycles. The molecule has 0 N–H and O–H groups in total. The Labute approximate surface area is 223 Å². The number of hydrogen-bond donors (Lipinski definition) is 0. The number of hydrogen-bond acceptors (Lipinski definition) is 7. The number of ether oxygens (including phenoxy) is 2. The molecule has 0 bridgehead atoms. The van der Waals surface area contributed by atoms with E-state index in [4.69, 9.17) is 32.7 Å². The number of thioether (sulfide) groups is 1. The van der Waals surface area contributed by atoms with Gasteiger partial charge in [-0.05, 0) is 55.0 Å². The van der Waals surface area contributed by atoms with Crippen molar-refractivity contribution >= 4 is 56.7 Å². The fraction of sp³-hybridized carbons (Fsp3) is 0.440. The molecule has 196 valence electrons. The highest BCUT2D eigenvalue weighted by atomic mass is 35.5. The molecule has 35 heavy (non-hydrogen) atoms. The van der Waals surface area contributed by atoms with Crippen molar-refractivity contribution in [2.75, 3.05) is 30.1 Å². The summed E-state index contributed by atoms with van der Waals surface area (Å²) in [5.41, 5.74) is 1.76. The molecule has 10 heteroatoms. The van der Waals surface area contributed by atoms with Crippen molar-refractivity contribution < 1.29 is 27.5 Å². The van der Waals surface area contributed by atoms with Crippen LogP contribution in [0.25, 0.3) is 0 Å². The lowest BCUT2D eigenvalue weighted by molar-refractivity contribution is -0.143. The minimum Gasteiger partial charge on any atom is -0.466 e. The van der Waals surface area contributed by atoms with Crippen molar-refractivity contribution in [1.82, 2.24) is 0 Å². The largest absolute Gasteiger partial charge is 0.466 e. The molecule has 0 unspecified atom stereocenters. The second-order valence-electron chi connectivity index (χ2n) is 6.69. The highest BCUT2D eigenvalue weighted by Gasteiger charge is 2.11. The first-order valence-electron chi connectivity index (χ1n) is 11.1. The maximum Gasteiger partial charge on any atom is 0.310 e. The number of carbonyl (C=O) groups excluding carboxylic acids is 2. The Morgan fingerprint density at radius 3 is 1.51 bits per heavy atom. The van der Waals surface area contributed by atoms with E-state index in [1.54, 1.807) is 37.7 Å². The summed E-state index contributed by atoms with van der Waals surface area (Å²) in [6.07, 6.45) is 0.533. The smallest absolute Gasteiger partial charge is 0.310 e. The molecule has 2 rings (SSSR count). The minimum absolute atomic E-state index is 0.0736. The highest BCUT2D eigenvalue weighted by molar-refractivity contribution is 7.99. The van der Waals surface area contributed by atoms with Crippen LogP contribution < -0.4 is 0 Å². The van der Waals surface area contributed by atoms with Crippen LogP contribution in [0.5, 0.6) is 0 Å². The van der Waals surface area contributed by atoms with E-state index in [-0.39, 0.29) is 34.3 Å². The van der Waals surface area contributed by atoms with E-state index in [1.807, 2.05) is 31.2 Å². The van der Waals surface area contributed by atoms with Gasteiger partial charge in [-0.25, -0.2) is 8.42 Å². The lowest BCUT2D eigenvalue weighted by Gasteiger charge is -2.04. The van der Waals surface area contributed by atoms with E-state index in [1.165, 1.54) is 17.0 Å². The Morgan fingerprint density at radius 1 is 0.771 bits per heavy atom. The number of rotatable bonds is 10. The summed E-state index contributed by atoms with van der Waals surface area (Å²) in [6, 6.07) is 14.4. The summed E-state index contributed by atoms with van der Waals surface area (Å²) in [5.74, 6) is 0.675. The van der Waals surface area contributed by atoms with Gasteiger partial charge < -0.3 is 9.47 Å². The molecule has 0 saturated carbocycles. The number of sulfone groups is 1. The van der Waals surface area contributed by atoms with Crippen LogP contribution in [0.3, 0.4) is 0 Å². The zero-order valence-corrected chi connectivity index (χ0v) is 23.7. The molecular formula is C25H34Cl2O6S2. The van der Waals surface area contributed by atoms with Crippen molar-refractivity contribution in [3.05, 3.63) is 59.7 Å². The van der Waals surface area contributed by atoms with Crippen LogP contribution in [0.2, 0.25) is 0 Å². The van der Waals surface area contributed by atoms with Crippen LogP contribution in [0.1, 0.15) is 38.8 Å². The molecule has 0 radical (unpaired) electrons. The zero-order valence-electron chi connectivity index (χ0n) is 20.6. The third-order valence-corrected chi connectivity index (χ3v) is 6.85. The third kappa shape index (κ3) is 15.1. The Kier molecular flexibility index (Phi) is 18.5. The van der Waals surface area contributed by atoms with Crippen LogP contribution in [-0.4, -0.2) is 50.4 Å². The predicted molar refractivity (Wildman–Crippen MR) is 144 cm³/mol. The standard InChI is InChI=1S/C12H16O4S.C12H16O2S.CH2Cl2/c1-3-16-12(13)9-10-5-7-11(8-6-10)17(14,15)4-2;1-3-14-12(13)9-10-5-7-11(8-6-10)15-4-2;2-1-3/h5-8H,3-4,9H2,1-2H3;5-8H,3-4,9H2,1-2H3;1H2. The van der Waals surface area contributed by atoms with Crippen molar-refractivity contribution in [3.63, 3.8) is 0 Å². The van der Waals surface area contributed by atoms with Gasteiger partial charge in [0.05, 0.1) is 42.0 Å². The summed E-state index contributed by atoms with van der Waals surface area (Å²) in [7, 11) is -3.17. The Morgan fingerprint density at radius 2 is 1.17 bits per heavy atom. The van der Waals surface area contributed by atoms with Gasteiger partial charge in [0.2, 0.25) is 0 Å². The molecule has 0 aromatic heterocycles. The van der Waals surface area contributed by atoms with Gasteiger partial charge in [0.25, 0.3) is 0 Å². The van der Waals surface area contributed by atoms with Gasteiger partial charge in [0.15, 0.2) is 9.84 Å². The molecule has 0 aliphatic heterocycles. The van der Waals surface area contributed by atoms with Crippen LogP contribution in [-0.2, 0) is 41.7 Å². The van der Waals surface area contributed by atoms with Crippen LogP contribution in [0, 0.1) is 0 Å². The average molecular weight is 566 g/mol. The fourth-order valence-electron chi connectivity index (χ4n) is 2.61. The summed E-state index contributed by atoms with van der Waals surface area (Å²) in [4.78, 5) is 23.9. The molecule has 0 saturated heterocycles. The molecule has 0 heterocycles. The van der Waals surface area contributed by atoms with E-state index in [2.05, 4.69) is 6.92 Å². The molecular weight excluding hydrogens is 531 g/mol. The van der Waals surface area contributed by atoms with Gasteiger partial charge in [-0.2, -0.15) is 0 Å². The van der Waals surface area contributed by atoms with Crippen molar-refractivity contribution in [3.8, 4) is 0 Å². The molecule has 0 amide bonds. The zero-order chi connectivity index (χ0) is 26.7. The van der Waals surface area contributed by atoms with Crippen molar-refractivity contribution in [2.45, 2.75) is 50.3 Å². The quantitative estimate of drug-likeness (QED) is 0.201. The first kappa shape index (κ1) is 33.3.